The monoisotopic (exact) mass is 1050 g/mol. The van der Waals surface area contributed by atoms with E-state index in [0.29, 0.717) is 32.5 Å². The van der Waals surface area contributed by atoms with Crippen LogP contribution in [0.25, 0.3) is 0 Å². The first-order valence-corrected chi connectivity index (χ1v) is 26.1. The van der Waals surface area contributed by atoms with Gasteiger partial charge in [0.25, 0.3) is 0 Å². The molecule has 74 heavy (non-hydrogen) atoms. The number of carbonyl (C=O) groups excluding carboxylic acids is 6. The molecule has 0 saturated carbocycles. The van der Waals surface area contributed by atoms with Crippen molar-refractivity contribution in [1.82, 2.24) is 9.80 Å². The van der Waals surface area contributed by atoms with E-state index < -0.39 is 139 Å². The van der Waals surface area contributed by atoms with E-state index in [9.17, 15) is 28.8 Å². The van der Waals surface area contributed by atoms with Gasteiger partial charge in [0.05, 0.1) is 24.7 Å². The van der Waals surface area contributed by atoms with Crippen LogP contribution in [0, 0.1) is 17.8 Å². The van der Waals surface area contributed by atoms with E-state index in [-0.39, 0.29) is 31.6 Å². The molecule has 0 aliphatic carbocycles. The van der Waals surface area contributed by atoms with Crippen molar-refractivity contribution in [3.8, 4) is 0 Å². The lowest BCUT2D eigenvalue weighted by atomic mass is 9.70. The highest BCUT2D eigenvalue weighted by Crippen LogP contribution is 2.44. The molecule has 3 aliphatic heterocycles. The predicted molar refractivity (Wildman–Crippen MR) is 268 cm³/mol. The minimum Gasteiger partial charge on any atom is -0.463 e. The van der Waals surface area contributed by atoms with E-state index in [2.05, 4.69) is 4.90 Å². The summed E-state index contributed by atoms with van der Waals surface area (Å²) in [6.07, 6.45) is -10.7. The van der Waals surface area contributed by atoms with Crippen LogP contribution in [0.15, 0.2) is 30.3 Å². The summed E-state index contributed by atoms with van der Waals surface area (Å²) in [5.74, 6) is -5.32. The molecule has 20 heteroatoms. The molecule has 0 N–H and O–H groups in total. The van der Waals surface area contributed by atoms with Crippen LogP contribution in [0.5, 0.6) is 0 Å². The van der Waals surface area contributed by atoms with Gasteiger partial charge in [0.2, 0.25) is 0 Å². The quantitative estimate of drug-likeness (QED) is 0.0998. The average Bonchev–Trinajstić information content (AvgIpc) is 3.32. The van der Waals surface area contributed by atoms with E-state index >= 15 is 0 Å². The Balaban J connectivity index is 1.96. The Morgan fingerprint density at radius 3 is 2.00 bits per heavy atom. The number of hydrogen-bond acceptors (Lipinski definition) is 20. The van der Waals surface area contributed by atoms with Gasteiger partial charge in [0, 0.05) is 93.3 Å². The second kappa shape index (κ2) is 29.3. The molecule has 3 fully saturated rings. The number of benzene rings is 1. The molecule has 3 heterocycles. The zero-order chi connectivity index (χ0) is 55.0. The Morgan fingerprint density at radius 1 is 0.797 bits per heavy atom. The molecule has 0 unspecified atom stereocenters. The lowest BCUT2D eigenvalue weighted by Crippen LogP contribution is -2.68. The Kier molecular flexibility index (Phi) is 24.6. The van der Waals surface area contributed by atoms with Crippen LogP contribution in [0.3, 0.4) is 0 Å². The summed E-state index contributed by atoms with van der Waals surface area (Å²) < 4.78 is 75.3. The molecule has 0 amide bonds. The first-order chi connectivity index (χ1) is 35.0. The Morgan fingerprint density at radius 2 is 1.43 bits per heavy atom. The number of likely N-dealkylation sites (N-methyl/N-ethyl adjacent to an activating group) is 1. The Labute approximate surface area is 438 Å². The summed E-state index contributed by atoms with van der Waals surface area (Å²) in [6, 6.07) is 9.11. The largest absolute Gasteiger partial charge is 0.463 e. The molecule has 0 radical (unpaired) electrons. The number of ether oxygens (including phenoxy) is 12. The summed E-state index contributed by atoms with van der Waals surface area (Å²) >= 11 is 0. The van der Waals surface area contributed by atoms with Crippen molar-refractivity contribution in [1.29, 1.82) is 0 Å². The highest BCUT2D eigenvalue weighted by Gasteiger charge is 2.58. The molecule has 1 aromatic rings. The molecule has 4 rings (SSSR count). The number of cyclic esters (lactones) is 1. The third-order valence-corrected chi connectivity index (χ3v) is 14.3. The number of methoxy groups -OCH3 is 3. The van der Waals surface area contributed by atoms with E-state index in [4.69, 9.17) is 56.8 Å². The second-order valence-electron chi connectivity index (χ2n) is 20.5. The lowest BCUT2D eigenvalue weighted by molar-refractivity contribution is -0.320. The molecule has 16 atom stereocenters. The molecule has 20 nitrogen and oxygen atoms in total. The van der Waals surface area contributed by atoms with Gasteiger partial charge in [-0.15, -0.1) is 0 Å². The average molecular weight is 1050 g/mol. The summed E-state index contributed by atoms with van der Waals surface area (Å²) in [4.78, 5) is 83.5. The molecule has 0 bridgehead atoms. The summed E-state index contributed by atoms with van der Waals surface area (Å²) in [5.41, 5.74) is -0.328. The van der Waals surface area contributed by atoms with Gasteiger partial charge in [-0.3, -0.25) is 33.7 Å². The zero-order valence-electron chi connectivity index (χ0n) is 46.4. The van der Waals surface area contributed by atoms with Crippen molar-refractivity contribution in [3.63, 3.8) is 0 Å². The molecular formula is C54H86N2O18. The van der Waals surface area contributed by atoms with Gasteiger partial charge in [-0.2, -0.15) is 0 Å². The van der Waals surface area contributed by atoms with E-state index in [1.165, 1.54) is 42.1 Å². The van der Waals surface area contributed by atoms with Gasteiger partial charge in [0.1, 0.15) is 42.7 Å². The number of nitrogens with zero attached hydrogens (tertiary/aromatic N) is 2. The minimum atomic E-state index is -1.37. The Bertz CT molecular complexity index is 1950. The number of carbonyl (C=O) groups is 6. The highest BCUT2D eigenvalue weighted by molar-refractivity contribution is 5.73. The minimum absolute atomic E-state index is 0.0187. The fraction of sp³-hybridized carbons (Fsp3) is 0.778. The zero-order valence-corrected chi connectivity index (χ0v) is 46.4. The first kappa shape index (κ1) is 62.3. The van der Waals surface area contributed by atoms with Crippen molar-refractivity contribution in [2.24, 2.45) is 17.8 Å². The number of hydrogen-bond donors (Lipinski definition) is 0. The smallest absolute Gasteiger partial charge is 0.309 e. The molecule has 1 aromatic carbocycles. The summed E-state index contributed by atoms with van der Waals surface area (Å²) in [7, 11) is 8.10. The molecule has 420 valence electrons. The van der Waals surface area contributed by atoms with Crippen LogP contribution in [0.2, 0.25) is 0 Å². The maximum absolute atomic E-state index is 14.2. The van der Waals surface area contributed by atoms with Crippen molar-refractivity contribution >= 4 is 35.8 Å². The molecule has 0 aromatic heterocycles. The van der Waals surface area contributed by atoms with Crippen LogP contribution in [0.1, 0.15) is 120 Å². The van der Waals surface area contributed by atoms with Crippen LogP contribution in [-0.4, -0.2) is 179 Å². The maximum Gasteiger partial charge on any atom is 0.309 e. The maximum atomic E-state index is 14.2. The van der Waals surface area contributed by atoms with Gasteiger partial charge >= 0.3 is 35.8 Å². The first-order valence-electron chi connectivity index (χ1n) is 26.1. The Hall–Kier alpha value is -4.28. The molecule has 0 spiro atoms. The topological polar surface area (TPSA) is 220 Å². The fourth-order valence-corrected chi connectivity index (χ4v) is 11.0. The van der Waals surface area contributed by atoms with Crippen molar-refractivity contribution in [3.05, 3.63) is 35.9 Å². The van der Waals surface area contributed by atoms with Gasteiger partial charge in [-0.25, -0.2) is 0 Å². The van der Waals surface area contributed by atoms with Gasteiger partial charge in [-0.05, 0) is 72.0 Å². The third-order valence-electron chi connectivity index (χ3n) is 14.3. The van der Waals surface area contributed by atoms with Gasteiger partial charge in [-0.1, -0.05) is 51.1 Å². The fourth-order valence-electron chi connectivity index (χ4n) is 11.0. The van der Waals surface area contributed by atoms with E-state index in [1.54, 1.807) is 34.6 Å². The normalized spacial score (nSPS) is 33.9. The highest BCUT2D eigenvalue weighted by atomic mass is 16.7. The van der Waals surface area contributed by atoms with Gasteiger partial charge < -0.3 is 61.7 Å². The second-order valence-corrected chi connectivity index (χ2v) is 20.5. The standard InChI is InChI=1S/C54H86N2O18/c1-16-42(60)71-40-27-44(62)66-32(4)23-24-56(29-38-21-19-18-20-22-38)30-41(69-35(7)57)31(3)25-39(26-45(63-13)64-14)47(50(40)65-15)51-52(70-36(8)58)48(55(11)12)49(33(5)68-51)73-46-28-54(10,74-37(9)59)53(34(6)67-46)72-43(61)17-2/h18-22,31-34,39-41,45-53H,16-17,23-30H2,1-15H3/t31-,32-,33-,34+,39-,40-,41+,46+,47+,48+,49-,50-,51+,52-,53+,54-/m1/s1. The predicted octanol–water partition coefficient (Wildman–Crippen LogP) is 5.56. The van der Waals surface area contributed by atoms with Crippen LogP contribution in [-0.2, 0) is 92.2 Å². The van der Waals surface area contributed by atoms with Gasteiger partial charge in [0.15, 0.2) is 24.3 Å². The van der Waals surface area contributed by atoms with Crippen LogP contribution in [0.4, 0.5) is 0 Å². The van der Waals surface area contributed by atoms with Crippen LogP contribution >= 0.6 is 0 Å². The van der Waals surface area contributed by atoms with E-state index in [0.717, 1.165) is 5.56 Å². The third kappa shape index (κ3) is 17.6. The molecular weight excluding hydrogens is 965 g/mol. The lowest BCUT2D eigenvalue weighted by Gasteiger charge is -2.54. The van der Waals surface area contributed by atoms with E-state index in [1.807, 2.05) is 63.2 Å². The molecule has 3 aliphatic rings. The van der Waals surface area contributed by atoms with Crippen molar-refractivity contribution in [2.75, 3.05) is 48.5 Å². The molecule has 3 saturated heterocycles. The number of esters is 6. The number of rotatable bonds is 18. The summed E-state index contributed by atoms with van der Waals surface area (Å²) in [6.45, 7) is 17.5. The summed E-state index contributed by atoms with van der Waals surface area (Å²) in [5, 5.41) is 0. The SMILES string of the molecule is CCC(=O)O[C@@H]1CC(=O)O[C@H](C)CCN(Cc2ccccc2)C[C@H](OC(C)=O)[C@H](C)C[C@H](CC(OC)OC)[C@H]([C@@H]2O[C@H](C)[C@@H](O[C@H]3C[C@@](C)(OC(C)=O)[C@@H](OC(=O)CC)[C@H](C)O3)[C@H](N(C)C)[C@H]2OC(C)=O)[C@@H]1OC. The van der Waals surface area contributed by atoms with Crippen molar-refractivity contribution < 1.29 is 85.6 Å². The van der Waals surface area contributed by atoms with Crippen LogP contribution < -0.4 is 0 Å². The van der Waals surface area contributed by atoms with Crippen molar-refractivity contribution in [2.45, 2.75) is 206 Å².